The highest BCUT2D eigenvalue weighted by atomic mass is 16.5. The molecule has 2 bridgehead atoms. The van der Waals surface area contributed by atoms with Gasteiger partial charge in [-0.1, -0.05) is 36.4 Å². The lowest BCUT2D eigenvalue weighted by molar-refractivity contribution is -0.144. The van der Waals surface area contributed by atoms with Crippen LogP contribution in [0.25, 0.3) is 11.1 Å². The Morgan fingerprint density at radius 1 is 1.19 bits per heavy atom. The molecule has 1 N–H and O–H groups in total. The molecule has 0 radical (unpaired) electrons. The number of carbonyl (C=O) groups excluding carboxylic acids is 2. The molecule has 0 saturated carbocycles. The third-order valence-electron chi connectivity index (χ3n) is 5.35. The summed E-state index contributed by atoms with van der Waals surface area (Å²) in [6.07, 6.45) is -0.516. The molecule has 4 rings (SSSR count). The van der Waals surface area contributed by atoms with Crippen molar-refractivity contribution in [1.29, 1.82) is 0 Å². The van der Waals surface area contributed by atoms with Gasteiger partial charge in [0, 0.05) is 6.54 Å². The van der Waals surface area contributed by atoms with Crippen LogP contribution in [0.5, 0.6) is 5.75 Å². The quantitative estimate of drug-likeness (QED) is 0.899. The van der Waals surface area contributed by atoms with Gasteiger partial charge >= 0.3 is 0 Å². The first-order valence-electron chi connectivity index (χ1n) is 9.06. The minimum absolute atomic E-state index is 0.106. The predicted octanol–water partition coefficient (Wildman–Crippen LogP) is 2.06. The maximum absolute atomic E-state index is 13.0. The van der Waals surface area contributed by atoms with Crippen LogP contribution >= 0.6 is 0 Å². The van der Waals surface area contributed by atoms with Gasteiger partial charge in [-0.2, -0.15) is 0 Å². The summed E-state index contributed by atoms with van der Waals surface area (Å²) in [6, 6.07) is 15.1. The van der Waals surface area contributed by atoms with Crippen LogP contribution in [-0.2, 0) is 9.59 Å². The zero-order chi connectivity index (χ0) is 19.1. The molecule has 0 aromatic heterocycles. The van der Waals surface area contributed by atoms with E-state index in [-0.39, 0.29) is 17.9 Å². The molecule has 0 spiro atoms. The molecule has 3 atom stereocenters. The molecule has 0 aliphatic carbocycles. The van der Waals surface area contributed by atoms with Crippen LogP contribution in [0.1, 0.15) is 13.3 Å². The number of hydrogen-bond acceptors (Lipinski definition) is 4. The Hall–Kier alpha value is -2.86. The number of aliphatic hydroxyl groups is 1. The van der Waals surface area contributed by atoms with E-state index in [1.165, 1.54) is 11.8 Å². The molecule has 2 amide bonds. The van der Waals surface area contributed by atoms with E-state index < -0.39 is 12.1 Å². The Kier molecular flexibility index (Phi) is 4.36. The van der Waals surface area contributed by atoms with Gasteiger partial charge in [0.05, 0.1) is 18.8 Å². The number of aliphatic hydroxyl groups excluding tert-OH is 1. The van der Waals surface area contributed by atoms with E-state index in [2.05, 4.69) is 0 Å². The number of piperazine rings is 1. The maximum Gasteiger partial charge on any atom is 0.251 e. The smallest absolute Gasteiger partial charge is 0.251 e. The average molecular weight is 366 g/mol. The van der Waals surface area contributed by atoms with Crippen LogP contribution in [0, 0.1) is 0 Å². The van der Waals surface area contributed by atoms with Gasteiger partial charge in [-0.15, -0.1) is 0 Å². The van der Waals surface area contributed by atoms with Crippen molar-refractivity contribution in [3.8, 4) is 16.9 Å². The van der Waals surface area contributed by atoms with Gasteiger partial charge in [-0.05, 0) is 36.6 Å². The fraction of sp³-hybridized carbons (Fsp3) is 0.333. The molecule has 2 aromatic rings. The number of amides is 2. The van der Waals surface area contributed by atoms with Crippen LogP contribution in [0.4, 0.5) is 5.69 Å². The fourth-order valence-electron chi connectivity index (χ4n) is 4.06. The standard InChI is InChI=1S/C21H22N2O4/c1-13(24)20(25)22-12-16-11-18(22)21(26)23(16)17-10-15(8-9-19(17)27-2)14-6-4-3-5-7-14/h3-10,13,16,18,24H,11-12H2,1-2H3/t13-,16-,18-/m0/s1. The number of benzene rings is 2. The number of nitrogens with zero attached hydrogens (tertiary/aromatic N) is 2. The second kappa shape index (κ2) is 6.70. The van der Waals surface area contributed by atoms with Gasteiger partial charge < -0.3 is 19.6 Å². The summed E-state index contributed by atoms with van der Waals surface area (Å²) in [7, 11) is 1.59. The number of hydrogen-bond donors (Lipinski definition) is 1. The number of carbonyl (C=O) groups is 2. The molecule has 0 unspecified atom stereocenters. The molecular formula is C21H22N2O4. The first-order valence-corrected chi connectivity index (χ1v) is 9.06. The van der Waals surface area contributed by atoms with Crippen molar-refractivity contribution in [2.45, 2.75) is 31.5 Å². The van der Waals surface area contributed by atoms with Gasteiger partial charge in [0.2, 0.25) is 5.91 Å². The Morgan fingerprint density at radius 3 is 2.56 bits per heavy atom. The SMILES string of the molecule is COc1ccc(-c2ccccc2)cc1N1C(=O)[C@@H]2C[C@H]1CN2C(=O)[C@H](C)O. The van der Waals surface area contributed by atoms with E-state index in [0.717, 1.165) is 16.8 Å². The molecule has 2 aromatic carbocycles. The third kappa shape index (κ3) is 2.86. The van der Waals surface area contributed by atoms with E-state index in [4.69, 9.17) is 4.74 Å². The maximum atomic E-state index is 13.0. The lowest BCUT2D eigenvalue weighted by Crippen LogP contribution is -2.54. The van der Waals surface area contributed by atoms with Crippen LogP contribution < -0.4 is 9.64 Å². The molecule has 6 heteroatoms. The lowest BCUT2D eigenvalue weighted by atomic mass is 10.0. The summed E-state index contributed by atoms with van der Waals surface area (Å²) in [5.41, 5.74) is 2.78. The molecule has 27 heavy (non-hydrogen) atoms. The monoisotopic (exact) mass is 366 g/mol. The number of ether oxygens (including phenoxy) is 1. The number of anilines is 1. The summed E-state index contributed by atoms with van der Waals surface area (Å²) in [5, 5.41) is 9.59. The van der Waals surface area contributed by atoms with Gasteiger partial charge in [0.25, 0.3) is 5.91 Å². The fourth-order valence-corrected chi connectivity index (χ4v) is 4.06. The summed E-state index contributed by atoms with van der Waals surface area (Å²) < 4.78 is 5.50. The molecule has 2 saturated heterocycles. The first kappa shape index (κ1) is 17.5. The van der Waals surface area contributed by atoms with Crippen molar-refractivity contribution in [3.63, 3.8) is 0 Å². The van der Waals surface area contributed by atoms with Gasteiger partial charge in [0.15, 0.2) is 0 Å². The van der Waals surface area contributed by atoms with E-state index in [9.17, 15) is 14.7 Å². The third-order valence-corrected chi connectivity index (χ3v) is 5.35. The Labute approximate surface area is 158 Å². The van der Waals surface area contributed by atoms with Crippen LogP contribution in [0.3, 0.4) is 0 Å². The number of rotatable bonds is 4. The highest BCUT2D eigenvalue weighted by Crippen LogP contribution is 2.41. The van der Waals surface area contributed by atoms with Crippen molar-refractivity contribution in [2.24, 2.45) is 0 Å². The van der Waals surface area contributed by atoms with Crippen molar-refractivity contribution < 1.29 is 19.4 Å². The van der Waals surface area contributed by atoms with E-state index in [0.29, 0.717) is 18.7 Å². The summed E-state index contributed by atoms with van der Waals surface area (Å²) >= 11 is 0. The second-order valence-corrected chi connectivity index (χ2v) is 7.03. The zero-order valence-corrected chi connectivity index (χ0v) is 15.3. The van der Waals surface area contributed by atoms with E-state index in [1.54, 1.807) is 12.0 Å². The van der Waals surface area contributed by atoms with Crippen molar-refractivity contribution in [3.05, 3.63) is 48.5 Å². The largest absolute Gasteiger partial charge is 0.495 e. The second-order valence-electron chi connectivity index (χ2n) is 7.03. The lowest BCUT2D eigenvalue weighted by Gasteiger charge is -2.35. The van der Waals surface area contributed by atoms with Gasteiger partial charge in [-0.25, -0.2) is 0 Å². The summed E-state index contributed by atoms with van der Waals surface area (Å²) in [6.45, 7) is 1.86. The minimum Gasteiger partial charge on any atom is -0.495 e. The molecule has 2 aliphatic rings. The molecular weight excluding hydrogens is 344 g/mol. The molecule has 2 fully saturated rings. The first-order chi connectivity index (χ1) is 13.0. The van der Waals surface area contributed by atoms with Crippen molar-refractivity contribution in [1.82, 2.24) is 4.90 Å². The highest BCUT2D eigenvalue weighted by Gasteiger charge is 2.52. The number of methoxy groups -OCH3 is 1. The van der Waals surface area contributed by atoms with Crippen molar-refractivity contribution in [2.75, 3.05) is 18.6 Å². The molecule has 2 aliphatic heterocycles. The van der Waals surface area contributed by atoms with Gasteiger partial charge in [-0.3, -0.25) is 9.59 Å². The summed E-state index contributed by atoms with van der Waals surface area (Å²) in [4.78, 5) is 28.4. The highest BCUT2D eigenvalue weighted by molar-refractivity contribution is 6.05. The van der Waals surface area contributed by atoms with Crippen LogP contribution in [0.15, 0.2) is 48.5 Å². The summed E-state index contributed by atoms with van der Waals surface area (Å²) in [5.74, 6) is 0.119. The normalized spacial score (nSPS) is 22.3. The molecule has 6 nitrogen and oxygen atoms in total. The predicted molar refractivity (Wildman–Crippen MR) is 102 cm³/mol. The van der Waals surface area contributed by atoms with E-state index >= 15 is 0 Å². The topological polar surface area (TPSA) is 70.1 Å². The number of fused-ring (bicyclic) bond motifs is 2. The average Bonchev–Trinajstić information content (AvgIpc) is 3.25. The zero-order valence-electron chi connectivity index (χ0n) is 15.3. The Morgan fingerprint density at radius 2 is 1.93 bits per heavy atom. The minimum atomic E-state index is -1.10. The van der Waals surface area contributed by atoms with Crippen LogP contribution in [-0.4, -0.2) is 53.7 Å². The van der Waals surface area contributed by atoms with Gasteiger partial charge in [0.1, 0.15) is 17.9 Å². The van der Waals surface area contributed by atoms with Crippen LogP contribution in [0.2, 0.25) is 0 Å². The molecule has 140 valence electrons. The van der Waals surface area contributed by atoms with E-state index in [1.807, 2.05) is 48.5 Å². The van der Waals surface area contributed by atoms with Crippen molar-refractivity contribution >= 4 is 17.5 Å². The Balaban J connectivity index is 1.68. The number of likely N-dealkylation sites (tertiary alicyclic amines) is 1. The molecule has 2 heterocycles. The Bertz CT molecular complexity index is 881.